The van der Waals surface area contributed by atoms with Gasteiger partial charge in [-0.2, -0.15) is 0 Å². The molecule has 3 rings (SSSR count). The van der Waals surface area contributed by atoms with Crippen molar-refractivity contribution in [3.63, 3.8) is 0 Å². The quantitative estimate of drug-likeness (QED) is 0.883. The molecule has 0 aromatic heterocycles. The lowest BCUT2D eigenvalue weighted by Gasteiger charge is -2.33. The Bertz CT molecular complexity index is 491. The number of benzene rings is 1. The summed E-state index contributed by atoms with van der Waals surface area (Å²) in [6.07, 6.45) is 3.21. The number of piperidine rings is 1. The van der Waals surface area contributed by atoms with Crippen molar-refractivity contribution >= 4 is 5.91 Å². The van der Waals surface area contributed by atoms with Gasteiger partial charge in [-0.25, -0.2) is 4.39 Å². The van der Waals surface area contributed by atoms with Crippen molar-refractivity contribution in [2.75, 3.05) is 13.1 Å². The fraction of sp³-hybridized carbons (Fsp3) is 0.533. The molecule has 2 aliphatic rings. The molecule has 1 aliphatic carbocycles. The van der Waals surface area contributed by atoms with E-state index in [1.54, 1.807) is 18.2 Å². The van der Waals surface area contributed by atoms with Crippen molar-refractivity contribution in [1.29, 1.82) is 0 Å². The molecule has 0 atom stereocenters. The van der Waals surface area contributed by atoms with Crippen LogP contribution in [0.2, 0.25) is 0 Å². The second-order valence-electron chi connectivity index (χ2n) is 5.69. The summed E-state index contributed by atoms with van der Waals surface area (Å²) >= 11 is 0. The molecule has 1 aliphatic heterocycles. The van der Waals surface area contributed by atoms with E-state index in [0.29, 0.717) is 18.7 Å². The molecule has 3 nitrogen and oxygen atoms in total. The number of amides is 1. The van der Waals surface area contributed by atoms with Gasteiger partial charge in [0.15, 0.2) is 0 Å². The molecule has 1 saturated heterocycles. The molecule has 2 fully saturated rings. The molecule has 1 amide bonds. The van der Waals surface area contributed by atoms with Gasteiger partial charge >= 0.3 is 0 Å². The van der Waals surface area contributed by atoms with E-state index in [9.17, 15) is 9.18 Å². The Morgan fingerprint density at radius 3 is 2.47 bits per heavy atom. The van der Waals surface area contributed by atoms with E-state index in [2.05, 4.69) is 0 Å². The van der Waals surface area contributed by atoms with Crippen LogP contribution in [-0.2, 0) is 10.2 Å². The topological polar surface area (TPSA) is 46.3 Å². The first-order valence-electron chi connectivity index (χ1n) is 6.93. The number of likely N-dealkylation sites (tertiary alicyclic amines) is 1. The summed E-state index contributed by atoms with van der Waals surface area (Å²) in [5, 5.41) is 0. The van der Waals surface area contributed by atoms with E-state index in [1.807, 2.05) is 4.90 Å². The van der Waals surface area contributed by atoms with E-state index >= 15 is 0 Å². The van der Waals surface area contributed by atoms with E-state index in [0.717, 1.165) is 25.7 Å². The van der Waals surface area contributed by atoms with Gasteiger partial charge in [-0.05, 0) is 31.7 Å². The van der Waals surface area contributed by atoms with Gasteiger partial charge in [-0.15, -0.1) is 0 Å². The highest BCUT2D eigenvalue weighted by atomic mass is 19.1. The van der Waals surface area contributed by atoms with Crippen molar-refractivity contribution in [1.82, 2.24) is 4.90 Å². The van der Waals surface area contributed by atoms with Gasteiger partial charge in [0.2, 0.25) is 5.91 Å². The summed E-state index contributed by atoms with van der Waals surface area (Å²) in [6, 6.07) is 6.86. The fourth-order valence-electron chi connectivity index (χ4n) is 2.98. The van der Waals surface area contributed by atoms with Gasteiger partial charge in [0.25, 0.3) is 0 Å². The molecule has 1 heterocycles. The zero-order valence-corrected chi connectivity index (χ0v) is 10.9. The zero-order valence-electron chi connectivity index (χ0n) is 10.9. The van der Waals surface area contributed by atoms with E-state index < -0.39 is 5.41 Å². The predicted molar refractivity (Wildman–Crippen MR) is 71.1 cm³/mol. The van der Waals surface area contributed by atoms with E-state index in [-0.39, 0.29) is 17.8 Å². The summed E-state index contributed by atoms with van der Waals surface area (Å²) < 4.78 is 13.9. The lowest BCUT2D eigenvalue weighted by Crippen LogP contribution is -2.47. The Kier molecular flexibility index (Phi) is 3.05. The highest BCUT2D eigenvalue weighted by Gasteiger charge is 2.54. The van der Waals surface area contributed by atoms with Crippen LogP contribution < -0.4 is 5.73 Å². The summed E-state index contributed by atoms with van der Waals surface area (Å²) in [6.45, 7) is 1.41. The molecule has 0 bridgehead atoms. The Balaban J connectivity index is 1.82. The molecule has 1 saturated carbocycles. The number of halogens is 1. The Morgan fingerprint density at radius 1 is 1.26 bits per heavy atom. The Labute approximate surface area is 112 Å². The van der Waals surface area contributed by atoms with Crippen molar-refractivity contribution in [2.45, 2.75) is 37.1 Å². The lowest BCUT2D eigenvalue weighted by atomic mass is 9.92. The summed E-state index contributed by atoms with van der Waals surface area (Å²) in [7, 11) is 0. The molecule has 1 aromatic carbocycles. The van der Waals surface area contributed by atoms with Crippen LogP contribution in [0, 0.1) is 5.82 Å². The van der Waals surface area contributed by atoms with Crippen LogP contribution in [0.5, 0.6) is 0 Å². The normalized spacial score (nSPS) is 22.3. The molecular formula is C15H19FN2O. The van der Waals surface area contributed by atoms with Gasteiger partial charge in [-0.1, -0.05) is 18.2 Å². The summed E-state index contributed by atoms with van der Waals surface area (Å²) in [5.41, 5.74) is 5.83. The largest absolute Gasteiger partial charge is 0.342 e. The lowest BCUT2D eigenvalue weighted by molar-refractivity contribution is -0.135. The maximum Gasteiger partial charge on any atom is 0.233 e. The number of nitrogens with zero attached hydrogens (tertiary/aromatic N) is 1. The fourth-order valence-corrected chi connectivity index (χ4v) is 2.98. The molecule has 19 heavy (non-hydrogen) atoms. The second-order valence-corrected chi connectivity index (χ2v) is 5.69. The van der Waals surface area contributed by atoms with Gasteiger partial charge in [0, 0.05) is 24.7 Å². The average Bonchev–Trinajstić information content (AvgIpc) is 3.21. The first-order valence-corrected chi connectivity index (χ1v) is 6.93. The number of hydrogen-bond acceptors (Lipinski definition) is 2. The Hall–Kier alpha value is -1.42. The first kappa shape index (κ1) is 12.6. The first-order chi connectivity index (χ1) is 9.13. The van der Waals surface area contributed by atoms with Gasteiger partial charge in [0.1, 0.15) is 5.82 Å². The summed E-state index contributed by atoms with van der Waals surface area (Å²) in [4.78, 5) is 14.5. The molecule has 4 heteroatoms. The monoisotopic (exact) mass is 262 g/mol. The van der Waals surface area contributed by atoms with Crippen LogP contribution in [0.25, 0.3) is 0 Å². The maximum atomic E-state index is 13.9. The maximum absolute atomic E-state index is 13.9. The molecular weight excluding hydrogens is 243 g/mol. The van der Waals surface area contributed by atoms with Crippen LogP contribution in [0.3, 0.4) is 0 Å². The van der Waals surface area contributed by atoms with Crippen LogP contribution >= 0.6 is 0 Å². The van der Waals surface area contributed by atoms with Crippen molar-refractivity contribution in [3.05, 3.63) is 35.6 Å². The van der Waals surface area contributed by atoms with Crippen LogP contribution in [0.15, 0.2) is 24.3 Å². The molecule has 0 unspecified atom stereocenters. The van der Waals surface area contributed by atoms with Crippen molar-refractivity contribution in [3.8, 4) is 0 Å². The van der Waals surface area contributed by atoms with Gasteiger partial charge < -0.3 is 10.6 Å². The van der Waals surface area contributed by atoms with Crippen LogP contribution in [0.1, 0.15) is 31.2 Å². The smallest absolute Gasteiger partial charge is 0.233 e. The molecule has 0 spiro atoms. The molecule has 1 aromatic rings. The summed E-state index contributed by atoms with van der Waals surface area (Å²) in [5.74, 6) is -0.174. The zero-order chi connectivity index (χ0) is 13.5. The minimum Gasteiger partial charge on any atom is -0.342 e. The number of hydrogen-bond donors (Lipinski definition) is 1. The molecule has 0 radical (unpaired) electrons. The highest BCUT2D eigenvalue weighted by molar-refractivity contribution is 5.91. The van der Waals surface area contributed by atoms with Crippen molar-refractivity contribution in [2.24, 2.45) is 5.73 Å². The predicted octanol–water partition coefficient (Wildman–Crippen LogP) is 1.81. The number of carbonyl (C=O) groups is 1. The number of nitrogens with two attached hydrogens (primary N) is 1. The van der Waals surface area contributed by atoms with Crippen molar-refractivity contribution < 1.29 is 9.18 Å². The molecule has 102 valence electrons. The third-order valence-corrected chi connectivity index (χ3v) is 4.38. The number of rotatable bonds is 2. The Morgan fingerprint density at radius 2 is 1.89 bits per heavy atom. The van der Waals surface area contributed by atoms with Gasteiger partial charge in [0.05, 0.1) is 5.41 Å². The third-order valence-electron chi connectivity index (χ3n) is 4.38. The minimum atomic E-state index is -0.590. The van der Waals surface area contributed by atoms with E-state index in [4.69, 9.17) is 5.73 Å². The SMILES string of the molecule is NC1CCN(C(=O)C2(c3ccccc3F)CC2)CC1. The number of carbonyl (C=O) groups excluding carboxylic acids is 1. The third kappa shape index (κ3) is 2.14. The molecule has 2 N–H and O–H groups in total. The van der Waals surface area contributed by atoms with Crippen LogP contribution in [-0.4, -0.2) is 29.9 Å². The standard InChI is InChI=1S/C15H19FN2O/c16-13-4-2-1-3-12(13)15(7-8-15)14(19)18-9-5-11(17)6-10-18/h1-4,11H,5-10,17H2. The van der Waals surface area contributed by atoms with Crippen LogP contribution in [0.4, 0.5) is 4.39 Å². The minimum absolute atomic E-state index is 0.0875. The second kappa shape index (κ2) is 4.60. The van der Waals surface area contributed by atoms with E-state index in [1.165, 1.54) is 6.07 Å². The van der Waals surface area contributed by atoms with Gasteiger partial charge in [-0.3, -0.25) is 4.79 Å². The highest BCUT2D eigenvalue weighted by Crippen LogP contribution is 2.50. The average molecular weight is 262 g/mol.